The minimum absolute atomic E-state index is 0.575. The van der Waals surface area contributed by atoms with Crippen molar-refractivity contribution in [2.24, 2.45) is 5.16 Å². The van der Waals surface area contributed by atoms with Crippen LogP contribution in [0.15, 0.2) is 29.6 Å². The number of nitrogens with zero attached hydrogens (tertiary/aromatic N) is 2. The molecule has 17 heavy (non-hydrogen) atoms. The van der Waals surface area contributed by atoms with Crippen molar-refractivity contribution < 1.29 is 14.7 Å². The highest BCUT2D eigenvalue weighted by atomic mass is 16.5. The summed E-state index contributed by atoms with van der Waals surface area (Å²) in [4.78, 5) is 4.12. The normalized spacial score (nSPS) is 10.9. The van der Waals surface area contributed by atoms with Crippen molar-refractivity contribution in [3.63, 3.8) is 0 Å². The van der Waals surface area contributed by atoms with Crippen LogP contribution in [0.5, 0.6) is 11.5 Å². The molecular formula is C12H12N2O3. The largest absolute Gasteiger partial charge is 0.493 e. The van der Waals surface area contributed by atoms with Gasteiger partial charge in [-0.25, -0.2) is 0 Å². The molecule has 0 aliphatic heterocycles. The Kier molecular flexibility index (Phi) is 3.09. The molecule has 0 saturated heterocycles. The van der Waals surface area contributed by atoms with Crippen molar-refractivity contribution in [2.75, 3.05) is 14.2 Å². The first-order valence-corrected chi connectivity index (χ1v) is 4.98. The number of rotatable bonds is 3. The van der Waals surface area contributed by atoms with E-state index in [4.69, 9.17) is 14.7 Å². The smallest absolute Gasteiger partial charge is 0.161 e. The number of pyridine rings is 1. The van der Waals surface area contributed by atoms with Gasteiger partial charge in [-0.1, -0.05) is 5.16 Å². The SMILES string of the molecule is COc1cc2ccnc(C=NO)c2cc1OC. The van der Waals surface area contributed by atoms with Gasteiger partial charge in [0.15, 0.2) is 11.5 Å². The molecule has 1 aromatic carbocycles. The number of benzene rings is 1. The molecule has 0 aliphatic rings. The molecule has 0 unspecified atom stereocenters. The van der Waals surface area contributed by atoms with Gasteiger partial charge in [-0.3, -0.25) is 4.98 Å². The maximum atomic E-state index is 8.58. The Morgan fingerprint density at radius 3 is 2.59 bits per heavy atom. The molecule has 1 aromatic heterocycles. The second-order valence-electron chi connectivity index (χ2n) is 3.37. The van der Waals surface area contributed by atoms with E-state index in [0.29, 0.717) is 17.2 Å². The minimum Gasteiger partial charge on any atom is -0.493 e. The highest BCUT2D eigenvalue weighted by molar-refractivity contribution is 5.99. The summed E-state index contributed by atoms with van der Waals surface area (Å²) >= 11 is 0. The molecule has 0 saturated carbocycles. The third-order valence-electron chi connectivity index (χ3n) is 2.48. The van der Waals surface area contributed by atoms with E-state index in [0.717, 1.165) is 10.8 Å². The van der Waals surface area contributed by atoms with E-state index in [1.54, 1.807) is 26.5 Å². The Morgan fingerprint density at radius 1 is 1.24 bits per heavy atom. The first kappa shape index (κ1) is 11.2. The summed E-state index contributed by atoms with van der Waals surface area (Å²) in [6, 6.07) is 5.51. The Hall–Kier alpha value is -2.30. The third-order valence-corrected chi connectivity index (χ3v) is 2.48. The first-order valence-electron chi connectivity index (χ1n) is 4.98. The van der Waals surface area contributed by atoms with Crippen molar-refractivity contribution in [3.05, 3.63) is 30.1 Å². The summed E-state index contributed by atoms with van der Waals surface area (Å²) < 4.78 is 10.4. The lowest BCUT2D eigenvalue weighted by molar-refractivity contribution is 0.321. The zero-order valence-electron chi connectivity index (χ0n) is 9.54. The van der Waals surface area contributed by atoms with Crippen molar-refractivity contribution in [2.45, 2.75) is 0 Å². The van der Waals surface area contributed by atoms with Crippen LogP contribution in [0.25, 0.3) is 10.8 Å². The number of methoxy groups -OCH3 is 2. The summed E-state index contributed by atoms with van der Waals surface area (Å²) in [5.41, 5.74) is 0.575. The minimum atomic E-state index is 0.575. The zero-order valence-corrected chi connectivity index (χ0v) is 9.54. The van der Waals surface area contributed by atoms with Gasteiger partial charge in [0.2, 0.25) is 0 Å². The molecule has 1 N–H and O–H groups in total. The summed E-state index contributed by atoms with van der Waals surface area (Å²) in [7, 11) is 3.15. The van der Waals surface area contributed by atoms with Crippen LogP contribution < -0.4 is 9.47 Å². The molecule has 5 heteroatoms. The maximum absolute atomic E-state index is 8.58. The molecule has 0 aliphatic carbocycles. The molecule has 0 atom stereocenters. The van der Waals surface area contributed by atoms with Crippen molar-refractivity contribution in [1.82, 2.24) is 4.98 Å². The molecule has 0 spiro atoms. The molecule has 0 bridgehead atoms. The van der Waals surface area contributed by atoms with E-state index in [9.17, 15) is 0 Å². The summed E-state index contributed by atoms with van der Waals surface area (Å²) in [6.07, 6.45) is 2.93. The Labute approximate surface area is 98.3 Å². The van der Waals surface area contributed by atoms with Gasteiger partial charge in [0, 0.05) is 11.6 Å². The maximum Gasteiger partial charge on any atom is 0.161 e. The topological polar surface area (TPSA) is 63.9 Å². The molecule has 0 amide bonds. The average molecular weight is 232 g/mol. The van der Waals surface area contributed by atoms with Gasteiger partial charge in [0.25, 0.3) is 0 Å². The van der Waals surface area contributed by atoms with Crippen LogP contribution in [0.1, 0.15) is 5.69 Å². The van der Waals surface area contributed by atoms with Crippen LogP contribution in [0.2, 0.25) is 0 Å². The van der Waals surface area contributed by atoms with Gasteiger partial charge in [-0.15, -0.1) is 0 Å². The van der Waals surface area contributed by atoms with E-state index < -0.39 is 0 Å². The number of ether oxygens (including phenoxy) is 2. The van der Waals surface area contributed by atoms with Gasteiger partial charge in [0.1, 0.15) is 0 Å². The highest BCUT2D eigenvalue weighted by Crippen LogP contribution is 2.32. The fraction of sp³-hybridized carbons (Fsp3) is 0.167. The summed E-state index contributed by atoms with van der Waals surface area (Å²) in [5.74, 6) is 1.26. The quantitative estimate of drug-likeness (QED) is 0.500. The van der Waals surface area contributed by atoms with Crippen LogP contribution in [-0.2, 0) is 0 Å². The van der Waals surface area contributed by atoms with Gasteiger partial charge in [-0.05, 0) is 23.6 Å². The third kappa shape index (κ3) is 1.99. The second-order valence-corrected chi connectivity index (χ2v) is 3.37. The predicted octanol–water partition coefficient (Wildman–Crippen LogP) is 2.06. The fourth-order valence-corrected chi connectivity index (χ4v) is 1.68. The second kappa shape index (κ2) is 4.69. The molecule has 0 radical (unpaired) electrons. The van der Waals surface area contributed by atoms with E-state index in [1.165, 1.54) is 6.21 Å². The lowest BCUT2D eigenvalue weighted by Crippen LogP contribution is -1.94. The fourth-order valence-electron chi connectivity index (χ4n) is 1.68. The van der Waals surface area contributed by atoms with Gasteiger partial charge in [-0.2, -0.15) is 0 Å². The van der Waals surface area contributed by atoms with Crippen LogP contribution in [0.3, 0.4) is 0 Å². The molecule has 1 heterocycles. The summed E-state index contributed by atoms with van der Waals surface area (Å²) in [5, 5.41) is 13.3. The van der Waals surface area contributed by atoms with Crippen molar-refractivity contribution in [3.8, 4) is 11.5 Å². The summed E-state index contributed by atoms with van der Waals surface area (Å²) in [6.45, 7) is 0. The van der Waals surface area contributed by atoms with Crippen molar-refractivity contribution in [1.29, 1.82) is 0 Å². The average Bonchev–Trinajstić information content (AvgIpc) is 2.38. The van der Waals surface area contributed by atoms with E-state index in [-0.39, 0.29) is 0 Å². The predicted molar refractivity (Wildman–Crippen MR) is 64.2 cm³/mol. The standard InChI is InChI=1S/C12H12N2O3/c1-16-11-5-8-3-4-13-10(7-14-15)9(8)6-12(11)17-2/h3-7,15H,1-2H3. The first-order chi connectivity index (χ1) is 8.30. The number of oxime groups is 1. The van der Waals surface area contributed by atoms with Crippen molar-refractivity contribution >= 4 is 17.0 Å². The Bertz CT molecular complexity index is 567. The monoisotopic (exact) mass is 232 g/mol. The lowest BCUT2D eigenvalue weighted by Gasteiger charge is -2.09. The van der Waals surface area contributed by atoms with Gasteiger partial charge < -0.3 is 14.7 Å². The van der Waals surface area contributed by atoms with Crippen LogP contribution in [0.4, 0.5) is 0 Å². The highest BCUT2D eigenvalue weighted by Gasteiger charge is 2.08. The molecule has 88 valence electrons. The number of hydrogen-bond donors (Lipinski definition) is 1. The Balaban J connectivity index is 2.73. The molecule has 2 rings (SSSR count). The zero-order chi connectivity index (χ0) is 12.3. The van der Waals surface area contributed by atoms with Gasteiger partial charge >= 0.3 is 0 Å². The number of aromatic nitrogens is 1. The van der Waals surface area contributed by atoms with E-state index >= 15 is 0 Å². The molecule has 5 nitrogen and oxygen atoms in total. The molecule has 2 aromatic rings. The number of fused-ring (bicyclic) bond motifs is 1. The van der Waals surface area contributed by atoms with Crippen LogP contribution in [0, 0.1) is 0 Å². The Morgan fingerprint density at radius 2 is 1.94 bits per heavy atom. The van der Waals surface area contributed by atoms with Crippen LogP contribution in [-0.4, -0.2) is 30.6 Å². The van der Waals surface area contributed by atoms with Gasteiger partial charge in [0.05, 0.1) is 26.1 Å². The van der Waals surface area contributed by atoms with E-state index in [1.807, 2.05) is 12.1 Å². The molecular weight excluding hydrogens is 220 g/mol. The molecule has 0 fully saturated rings. The van der Waals surface area contributed by atoms with E-state index in [2.05, 4.69) is 10.1 Å². The van der Waals surface area contributed by atoms with Crippen LogP contribution >= 0.6 is 0 Å². The number of hydrogen-bond acceptors (Lipinski definition) is 5. The lowest BCUT2D eigenvalue weighted by atomic mass is 10.1.